The average molecular weight is 138 g/mol. The van der Waals surface area contributed by atoms with E-state index < -0.39 is 0 Å². The summed E-state index contributed by atoms with van der Waals surface area (Å²) in [5.74, 6) is 0. The topological polar surface area (TPSA) is 32.3 Å². The summed E-state index contributed by atoms with van der Waals surface area (Å²) in [6, 6.07) is 0. The molecule has 0 atom stereocenters. The Bertz CT molecular complexity index is 72.8. The average Bonchev–Trinajstić information content (AvgIpc) is 2.22. The highest BCUT2D eigenvalue weighted by Crippen LogP contribution is 2.33. The smallest absolute Gasteiger partial charge is 0.0773 e. The number of hydrogen-bond acceptors (Lipinski definition) is 2. The van der Waals surface area contributed by atoms with Crippen LogP contribution in [0.1, 0.15) is 12.8 Å². The summed E-state index contributed by atoms with van der Waals surface area (Å²) in [6.07, 6.45) is 1.96. The minimum atomic E-state index is -0.311. The molecular weight excluding hydrogens is 126 g/mol. The molecule has 0 aliphatic heterocycles. The molecule has 0 amide bonds. The number of nitrogens with one attached hydrogen (secondary N) is 1. The molecule has 0 unspecified atom stereocenters. The molecule has 1 aliphatic rings. The molecule has 0 spiro atoms. The van der Waals surface area contributed by atoms with E-state index in [4.69, 9.17) is 5.11 Å². The molecule has 0 saturated heterocycles. The van der Waals surface area contributed by atoms with Gasteiger partial charge in [0, 0.05) is 6.54 Å². The first-order valence-electron chi connectivity index (χ1n) is 2.64. The molecule has 1 rings (SSSR count). The molecule has 0 aromatic carbocycles. The van der Waals surface area contributed by atoms with Crippen LogP contribution < -0.4 is 5.32 Å². The number of likely N-dealkylation sites (N-methyl/N-ethyl adjacent to an activating group) is 1. The van der Waals surface area contributed by atoms with Crippen LogP contribution in [0.3, 0.4) is 0 Å². The van der Waals surface area contributed by atoms with Crippen LogP contribution in [0, 0.1) is 0 Å². The molecule has 8 heavy (non-hydrogen) atoms. The van der Waals surface area contributed by atoms with E-state index in [1.807, 2.05) is 7.05 Å². The summed E-state index contributed by atoms with van der Waals surface area (Å²) in [6.45, 7) is 0.757. The Morgan fingerprint density at radius 3 is 2.25 bits per heavy atom. The highest BCUT2D eigenvalue weighted by molar-refractivity contribution is 5.85. The number of hydrogen-bond donors (Lipinski definition) is 2. The van der Waals surface area contributed by atoms with Gasteiger partial charge in [-0.15, -0.1) is 12.4 Å². The SMILES string of the molecule is CNCC1(O)CC1.Cl. The Morgan fingerprint density at radius 2 is 2.12 bits per heavy atom. The molecule has 2 N–H and O–H groups in total. The second kappa shape index (κ2) is 2.67. The lowest BCUT2D eigenvalue weighted by Gasteiger charge is -2.02. The van der Waals surface area contributed by atoms with Gasteiger partial charge >= 0.3 is 0 Å². The fourth-order valence-corrected chi connectivity index (χ4v) is 0.650. The van der Waals surface area contributed by atoms with Crippen molar-refractivity contribution in [3.63, 3.8) is 0 Å². The lowest BCUT2D eigenvalue weighted by atomic mass is 10.3. The minimum Gasteiger partial charge on any atom is -0.389 e. The molecule has 2 nitrogen and oxygen atoms in total. The first kappa shape index (κ1) is 8.21. The molecule has 1 fully saturated rings. The van der Waals surface area contributed by atoms with Gasteiger partial charge in [0.2, 0.25) is 0 Å². The van der Waals surface area contributed by atoms with Crippen molar-refractivity contribution in [1.82, 2.24) is 5.32 Å². The molecule has 50 valence electrons. The summed E-state index contributed by atoms with van der Waals surface area (Å²) >= 11 is 0. The fourth-order valence-electron chi connectivity index (χ4n) is 0.650. The zero-order valence-corrected chi connectivity index (χ0v) is 5.79. The Labute approximate surface area is 55.7 Å². The van der Waals surface area contributed by atoms with Crippen molar-refractivity contribution in [3.8, 4) is 0 Å². The van der Waals surface area contributed by atoms with Crippen LogP contribution in [-0.2, 0) is 0 Å². The minimum absolute atomic E-state index is 0. The molecule has 0 heterocycles. The molecule has 0 bridgehead atoms. The van der Waals surface area contributed by atoms with Crippen molar-refractivity contribution in [2.75, 3.05) is 13.6 Å². The predicted octanol–water partition coefficient (Wildman–Crippen LogP) is 0.152. The third kappa shape index (κ3) is 1.99. The van der Waals surface area contributed by atoms with Crippen molar-refractivity contribution in [3.05, 3.63) is 0 Å². The van der Waals surface area contributed by atoms with Crippen molar-refractivity contribution in [2.45, 2.75) is 18.4 Å². The zero-order valence-electron chi connectivity index (χ0n) is 4.98. The third-order valence-electron chi connectivity index (χ3n) is 1.33. The van der Waals surface area contributed by atoms with Gasteiger partial charge in [-0.05, 0) is 19.9 Å². The lowest BCUT2D eigenvalue weighted by molar-refractivity contribution is 0.151. The standard InChI is InChI=1S/C5H11NO.ClH/c1-6-4-5(7)2-3-5;/h6-7H,2-4H2,1H3;1H. The molecular formula is C5H12ClNO. The second-order valence-corrected chi connectivity index (χ2v) is 2.25. The zero-order chi connectivity index (χ0) is 5.33. The maximum Gasteiger partial charge on any atom is 0.0773 e. The van der Waals surface area contributed by atoms with Crippen molar-refractivity contribution in [2.24, 2.45) is 0 Å². The van der Waals surface area contributed by atoms with Crippen LogP contribution in [0.2, 0.25) is 0 Å². The largest absolute Gasteiger partial charge is 0.389 e. The molecule has 1 aliphatic carbocycles. The first-order valence-corrected chi connectivity index (χ1v) is 2.64. The quantitative estimate of drug-likeness (QED) is 0.568. The van der Waals surface area contributed by atoms with Gasteiger partial charge in [-0.25, -0.2) is 0 Å². The van der Waals surface area contributed by atoms with Gasteiger partial charge in [-0.1, -0.05) is 0 Å². The molecule has 0 radical (unpaired) electrons. The highest BCUT2D eigenvalue weighted by Gasteiger charge is 2.39. The van der Waals surface area contributed by atoms with Crippen LogP contribution >= 0.6 is 12.4 Å². The van der Waals surface area contributed by atoms with E-state index in [2.05, 4.69) is 5.32 Å². The van der Waals surface area contributed by atoms with Crippen LogP contribution in [0.4, 0.5) is 0 Å². The predicted molar refractivity (Wildman–Crippen MR) is 35.4 cm³/mol. The Kier molecular flexibility index (Phi) is 2.74. The Hall–Kier alpha value is 0.210. The summed E-state index contributed by atoms with van der Waals surface area (Å²) < 4.78 is 0. The summed E-state index contributed by atoms with van der Waals surface area (Å²) in [5.41, 5.74) is -0.311. The van der Waals surface area contributed by atoms with E-state index in [1.54, 1.807) is 0 Å². The highest BCUT2D eigenvalue weighted by atomic mass is 35.5. The number of rotatable bonds is 2. The fraction of sp³-hybridized carbons (Fsp3) is 1.00. The normalized spacial score (nSPS) is 21.8. The monoisotopic (exact) mass is 137 g/mol. The van der Waals surface area contributed by atoms with Gasteiger partial charge in [0.1, 0.15) is 0 Å². The third-order valence-corrected chi connectivity index (χ3v) is 1.33. The van der Waals surface area contributed by atoms with E-state index in [0.717, 1.165) is 19.4 Å². The van der Waals surface area contributed by atoms with E-state index >= 15 is 0 Å². The lowest BCUT2D eigenvalue weighted by Crippen LogP contribution is -2.24. The summed E-state index contributed by atoms with van der Waals surface area (Å²) in [5, 5.41) is 12.0. The van der Waals surface area contributed by atoms with Gasteiger partial charge < -0.3 is 10.4 Å². The maximum atomic E-state index is 9.07. The van der Waals surface area contributed by atoms with Crippen LogP contribution in [0.25, 0.3) is 0 Å². The number of halogens is 1. The van der Waals surface area contributed by atoms with Crippen molar-refractivity contribution >= 4 is 12.4 Å². The molecule has 0 aromatic rings. The Balaban J connectivity index is 0.000000490. The van der Waals surface area contributed by atoms with Crippen molar-refractivity contribution < 1.29 is 5.11 Å². The molecule has 1 saturated carbocycles. The van der Waals surface area contributed by atoms with Crippen LogP contribution in [-0.4, -0.2) is 24.3 Å². The maximum absolute atomic E-state index is 9.07. The number of aliphatic hydroxyl groups is 1. The van der Waals surface area contributed by atoms with Gasteiger partial charge in [0.15, 0.2) is 0 Å². The Morgan fingerprint density at radius 1 is 1.62 bits per heavy atom. The molecule has 3 heteroatoms. The van der Waals surface area contributed by atoms with Crippen LogP contribution in [0.5, 0.6) is 0 Å². The van der Waals surface area contributed by atoms with Gasteiger partial charge in [0.05, 0.1) is 5.60 Å². The first-order chi connectivity index (χ1) is 3.27. The van der Waals surface area contributed by atoms with Crippen LogP contribution in [0.15, 0.2) is 0 Å². The van der Waals surface area contributed by atoms with Gasteiger partial charge in [-0.2, -0.15) is 0 Å². The van der Waals surface area contributed by atoms with Gasteiger partial charge in [0.25, 0.3) is 0 Å². The van der Waals surface area contributed by atoms with Gasteiger partial charge in [-0.3, -0.25) is 0 Å². The molecule has 0 aromatic heterocycles. The van der Waals surface area contributed by atoms with E-state index in [-0.39, 0.29) is 18.0 Å². The van der Waals surface area contributed by atoms with E-state index in [9.17, 15) is 0 Å². The second-order valence-electron chi connectivity index (χ2n) is 2.25. The van der Waals surface area contributed by atoms with E-state index in [0.29, 0.717) is 0 Å². The van der Waals surface area contributed by atoms with Crippen molar-refractivity contribution in [1.29, 1.82) is 0 Å². The summed E-state index contributed by atoms with van der Waals surface area (Å²) in [7, 11) is 1.86. The summed E-state index contributed by atoms with van der Waals surface area (Å²) in [4.78, 5) is 0. The van der Waals surface area contributed by atoms with E-state index in [1.165, 1.54) is 0 Å².